The molecule has 2 aromatic carbocycles. The van der Waals surface area contributed by atoms with E-state index in [0.717, 1.165) is 33.5 Å². The molecule has 3 aromatic rings. The number of carbonyl (C=O) groups is 1. The number of hydrogen-bond donors (Lipinski definition) is 2. The van der Waals surface area contributed by atoms with Crippen LogP contribution >= 0.6 is 0 Å². The zero-order valence-corrected chi connectivity index (χ0v) is 13.7. The van der Waals surface area contributed by atoms with Crippen molar-refractivity contribution in [1.29, 1.82) is 0 Å². The lowest BCUT2D eigenvalue weighted by Gasteiger charge is -2.07. The van der Waals surface area contributed by atoms with Gasteiger partial charge < -0.3 is 15.0 Å². The fourth-order valence-corrected chi connectivity index (χ4v) is 2.68. The maximum Gasteiger partial charge on any atom is 0.224 e. The van der Waals surface area contributed by atoms with Gasteiger partial charge in [-0.15, -0.1) is 0 Å². The summed E-state index contributed by atoms with van der Waals surface area (Å²) in [6, 6.07) is 12.2. The van der Waals surface area contributed by atoms with Crippen molar-refractivity contribution in [3.05, 3.63) is 65.1 Å². The predicted molar refractivity (Wildman–Crippen MR) is 91.5 cm³/mol. The van der Waals surface area contributed by atoms with Crippen molar-refractivity contribution in [1.82, 2.24) is 10.3 Å². The minimum Gasteiger partial charge on any atom is -0.497 e. The Morgan fingerprint density at radius 3 is 2.79 bits per heavy atom. The summed E-state index contributed by atoms with van der Waals surface area (Å²) in [6.07, 6.45) is 0.236. The number of carbonyl (C=O) groups excluding carboxylic acids is 1. The lowest BCUT2D eigenvalue weighted by molar-refractivity contribution is -0.120. The summed E-state index contributed by atoms with van der Waals surface area (Å²) in [6.45, 7) is 2.22. The SMILES string of the molecule is COc1ccc2[nH]c(CNC(=O)Cc3ccc(F)cc3C)cc2c1. The highest BCUT2D eigenvalue weighted by molar-refractivity contribution is 5.82. The van der Waals surface area contributed by atoms with Gasteiger partial charge in [0.15, 0.2) is 0 Å². The van der Waals surface area contributed by atoms with Crippen molar-refractivity contribution < 1.29 is 13.9 Å². The summed E-state index contributed by atoms with van der Waals surface area (Å²) in [4.78, 5) is 15.4. The first kappa shape index (κ1) is 16.1. The van der Waals surface area contributed by atoms with Crippen LogP contribution in [0.1, 0.15) is 16.8 Å². The topological polar surface area (TPSA) is 54.1 Å². The number of amides is 1. The number of fused-ring (bicyclic) bond motifs is 1. The molecule has 0 atom stereocenters. The predicted octanol–water partition coefficient (Wildman–Crippen LogP) is 3.48. The van der Waals surface area contributed by atoms with Crippen molar-refractivity contribution in [2.45, 2.75) is 19.9 Å². The minimum absolute atomic E-state index is 0.0963. The van der Waals surface area contributed by atoms with E-state index in [-0.39, 0.29) is 18.1 Å². The van der Waals surface area contributed by atoms with Crippen LogP contribution < -0.4 is 10.1 Å². The number of nitrogens with one attached hydrogen (secondary N) is 2. The number of halogens is 1. The van der Waals surface area contributed by atoms with Crippen molar-refractivity contribution in [2.24, 2.45) is 0 Å². The molecule has 1 heterocycles. The summed E-state index contributed by atoms with van der Waals surface area (Å²) in [5, 5.41) is 3.92. The van der Waals surface area contributed by atoms with Gasteiger partial charge in [-0.2, -0.15) is 0 Å². The van der Waals surface area contributed by atoms with Crippen molar-refractivity contribution in [2.75, 3.05) is 7.11 Å². The zero-order valence-electron chi connectivity index (χ0n) is 13.7. The van der Waals surface area contributed by atoms with Crippen molar-refractivity contribution in [3.8, 4) is 5.75 Å². The van der Waals surface area contributed by atoms with Crippen LogP contribution in [0.5, 0.6) is 5.75 Å². The van der Waals surface area contributed by atoms with Crippen LogP contribution in [0.3, 0.4) is 0 Å². The van der Waals surface area contributed by atoms with Crippen LogP contribution in [0.2, 0.25) is 0 Å². The Bertz CT molecular complexity index is 886. The monoisotopic (exact) mass is 326 g/mol. The lowest BCUT2D eigenvalue weighted by atomic mass is 10.1. The molecule has 0 fully saturated rings. The third-order valence-electron chi connectivity index (χ3n) is 4.02. The van der Waals surface area contributed by atoms with Crippen LogP contribution in [-0.4, -0.2) is 18.0 Å². The van der Waals surface area contributed by atoms with Crippen LogP contribution in [-0.2, 0) is 17.8 Å². The van der Waals surface area contributed by atoms with Crippen LogP contribution in [0.25, 0.3) is 10.9 Å². The number of rotatable bonds is 5. The molecule has 124 valence electrons. The molecule has 0 aliphatic carbocycles. The van der Waals surface area contributed by atoms with E-state index in [4.69, 9.17) is 4.74 Å². The first-order valence-corrected chi connectivity index (χ1v) is 7.72. The molecule has 1 amide bonds. The molecule has 2 N–H and O–H groups in total. The van der Waals surface area contributed by atoms with Crippen LogP contribution in [0.15, 0.2) is 42.5 Å². The van der Waals surface area contributed by atoms with Gasteiger partial charge in [-0.25, -0.2) is 4.39 Å². The van der Waals surface area contributed by atoms with E-state index < -0.39 is 0 Å². The summed E-state index contributed by atoms with van der Waals surface area (Å²) in [5.41, 5.74) is 3.52. The first-order chi connectivity index (χ1) is 11.5. The van der Waals surface area contributed by atoms with E-state index in [1.807, 2.05) is 24.3 Å². The summed E-state index contributed by atoms with van der Waals surface area (Å²) < 4.78 is 18.3. The van der Waals surface area contributed by atoms with Gasteiger partial charge in [0.05, 0.1) is 20.1 Å². The third-order valence-corrected chi connectivity index (χ3v) is 4.02. The molecule has 0 unspecified atom stereocenters. The Labute approximate surface area is 139 Å². The Morgan fingerprint density at radius 2 is 2.04 bits per heavy atom. The highest BCUT2D eigenvalue weighted by Gasteiger charge is 2.08. The van der Waals surface area contributed by atoms with Gasteiger partial charge >= 0.3 is 0 Å². The quantitative estimate of drug-likeness (QED) is 0.754. The first-order valence-electron chi connectivity index (χ1n) is 7.72. The highest BCUT2D eigenvalue weighted by atomic mass is 19.1. The second kappa shape index (κ2) is 6.74. The van der Waals surface area contributed by atoms with Gasteiger partial charge in [0, 0.05) is 16.6 Å². The van der Waals surface area contributed by atoms with Gasteiger partial charge in [-0.3, -0.25) is 4.79 Å². The Balaban J connectivity index is 1.63. The molecule has 24 heavy (non-hydrogen) atoms. The minimum atomic E-state index is -0.287. The molecule has 0 aliphatic heterocycles. The smallest absolute Gasteiger partial charge is 0.224 e. The third kappa shape index (κ3) is 3.56. The summed E-state index contributed by atoms with van der Waals surface area (Å²) in [5.74, 6) is 0.412. The molecule has 0 bridgehead atoms. The van der Waals surface area contributed by atoms with Gasteiger partial charge in [-0.1, -0.05) is 6.07 Å². The van der Waals surface area contributed by atoms with Crippen LogP contribution in [0, 0.1) is 12.7 Å². The maximum absolute atomic E-state index is 13.1. The summed E-state index contributed by atoms with van der Waals surface area (Å²) >= 11 is 0. The Morgan fingerprint density at radius 1 is 1.21 bits per heavy atom. The largest absolute Gasteiger partial charge is 0.497 e. The molecule has 3 rings (SSSR count). The number of aryl methyl sites for hydroxylation is 1. The number of ether oxygens (including phenoxy) is 1. The summed E-state index contributed by atoms with van der Waals surface area (Å²) in [7, 11) is 1.63. The molecule has 5 heteroatoms. The van der Waals surface area contributed by atoms with E-state index in [0.29, 0.717) is 6.54 Å². The van der Waals surface area contributed by atoms with Crippen molar-refractivity contribution in [3.63, 3.8) is 0 Å². The molecule has 0 spiro atoms. The number of H-pyrrole nitrogens is 1. The van der Waals surface area contributed by atoms with Gasteiger partial charge in [0.2, 0.25) is 5.91 Å². The normalized spacial score (nSPS) is 10.8. The van der Waals surface area contributed by atoms with E-state index in [1.54, 1.807) is 20.1 Å². The van der Waals surface area contributed by atoms with E-state index in [2.05, 4.69) is 10.3 Å². The van der Waals surface area contributed by atoms with Crippen LogP contribution in [0.4, 0.5) is 4.39 Å². The van der Waals surface area contributed by atoms with Gasteiger partial charge in [0.25, 0.3) is 0 Å². The molecule has 0 saturated heterocycles. The molecule has 0 aliphatic rings. The Hall–Kier alpha value is -2.82. The molecule has 0 saturated carbocycles. The molecular weight excluding hydrogens is 307 g/mol. The number of aromatic amines is 1. The average molecular weight is 326 g/mol. The number of benzene rings is 2. The zero-order chi connectivity index (χ0) is 17.1. The fraction of sp³-hybridized carbons (Fsp3) is 0.211. The number of methoxy groups -OCH3 is 1. The maximum atomic E-state index is 13.1. The van der Waals surface area contributed by atoms with E-state index >= 15 is 0 Å². The molecule has 4 nitrogen and oxygen atoms in total. The highest BCUT2D eigenvalue weighted by Crippen LogP contribution is 2.21. The second-order valence-corrected chi connectivity index (χ2v) is 5.77. The molecular formula is C19H19FN2O2. The van der Waals surface area contributed by atoms with Crippen molar-refractivity contribution >= 4 is 16.8 Å². The number of hydrogen-bond acceptors (Lipinski definition) is 2. The second-order valence-electron chi connectivity index (χ2n) is 5.77. The Kier molecular flexibility index (Phi) is 4.51. The molecule has 0 radical (unpaired) electrons. The number of aromatic nitrogens is 1. The standard InChI is InChI=1S/C19H19FN2O2/c1-12-7-15(20)4-3-13(12)10-19(23)21-11-16-8-14-9-17(24-2)5-6-18(14)22-16/h3-9,22H,10-11H2,1-2H3,(H,21,23). The average Bonchev–Trinajstić information content (AvgIpc) is 2.97. The lowest BCUT2D eigenvalue weighted by Crippen LogP contribution is -2.25. The fourth-order valence-electron chi connectivity index (χ4n) is 2.68. The van der Waals surface area contributed by atoms with Gasteiger partial charge in [0.1, 0.15) is 11.6 Å². The van der Waals surface area contributed by atoms with E-state index in [9.17, 15) is 9.18 Å². The molecule has 1 aromatic heterocycles. The van der Waals surface area contributed by atoms with E-state index in [1.165, 1.54) is 12.1 Å². The van der Waals surface area contributed by atoms with Gasteiger partial charge in [-0.05, 0) is 54.4 Å².